The summed E-state index contributed by atoms with van der Waals surface area (Å²) in [5.41, 5.74) is 0. The lowest BCUT2D eigenvalue weighted by Crippen LogP contribution is -2.42. The predicted molar refractivity (Wildman–Crippen MR) is 58.4 cm³/mol. The Morgan fingerprint density at radius 2 is 2.00 bits per heavy atom. The molecule has 1 heterocycles. The third-order valence-electron chi connectivity index (χ3n) is 3.08. The maximum absolute atomic E-state index is 10.2. The van der Waals surface area contributed by atoms with Gasteiger partial charge in [0.25, 0.3) is 0 Å². The lowest BCUT2D eigenvalue weighted by atomic mass is 10.0. The molecule has 1 aliphatic heterocycles. The molecule has 0 amide bonds. The zero-order chi connectivity index (χ0) is 10.4. The highest BCUT2D eigenvalue weighted by molar-refractivity contribution is 5.48. The molecule has 1 saturated heterocycles. The lowest BCUT2D eigenvalue weighted by Gasteiger charge is -2.35. The van der Waals surface area contributed by atoms with Gasteiger partial charge in [0, 0.05) is 12.5 Å². The van der Waals surface area contributed by atoms with E-state index in [0.29, 0.717) is 6.42 Å². The van der Waals surface area contributed by atoms with Crippen molar-refractivity contribution in [3.05, 3.63) is 0 Å². The number of hydrogen-bond acceptors (Lipinski definition) is 3. The van der Waals surface area contributed by atoms with E-state index < -0.39 is 0 Å². The lowest BCUT2D eigenvalue weighted by molar-refractivity contribution is -0.108. The number of hydrogen-bond donors (Lipinski definition) is 0. The van der Waals surface area contributed by atoms with Gasteiger partial charge in [-0.3, -0.25) is 0 Å². The van der Waals surface area contributed by atoms with E-state index in [1.807, 2.05) is 0 Å². The van der Waals surface area contributed by atoms with Gasteiger partial charge >= 0.3 is 0 Å². The molecule has 0 aromatic heterocycles. The number of carbonyl (C=O) groups is 1. The van der Waals surface area contributed by atoms with Crippen molar-refractivity contribution in [2.75, 3.05) is 33.7 Å². The van der Waals surface area contributed by atoms with Gasteiger partial charge in [-0.2, -0.15) is 0 Å². The highest BCUT2D eigenvalue weighted by Gasteiger charge is 2.19. The van der Waals surface area contributed by atoms with Gasteiger partial charge in [-0.15, -0.1) is 0 Å². The number of unbranched alkanes of at least 4 members (excludes halogenated alkanes) is 1. The van der Waals surface area contributed by atoms with Crippen LogP contribution in [0.5, 0.6) is 0 Å². The molecule has 0 aromatic carbocycles. The van der Waals surface area contributed by atoms with Gasteiger partial charge in [0.05, 0.1) is 0 Å². The van der Waals surface area contributed by atoms with Crippen LogP contribution in [0.3, 0.4) is 0 Å². The van der Waals surface area contributed by atoms with Crippen molar-refractivity contribution in [2.45, 2.75) is 31.7 Å². The molecule has 1 fully saturated rings. The van der Waals surface area contributed by atoms with Crippen molar-refractivity contribution < 1.29 is 4.79 Å². The van der Waals surface area contributed by atoms with E-state index in [0.717, 1.165) is 25.3 Å². The topological polar surface area (TPSA) is 23.6 Å². The van der Waals surface area contributed by atoms with Crippen molar-refractivity contribution in [3.63, 3.8) is 0 Å². The molecule has 14 heavy (non-hydrogen) atoms. The predicted octanol–water partition coefficient (Wildman–Crippen LogP) is 0.991. The van der Waals surface area contributed by atoms with E-state index in [9.17, 15) is 4.79 Å². The van der Waals surface area contributed by atoms with Gasteiger partial charge in [-0.1, -0.05) is 0 Å². The maximum atomic E-state index is 10.2. The third kappa shape index (κ3) is 3.76. The fourth-order valence-corrected chi connectivity index (χ4v) is 2.06. The Labute approximate surface area is 87.1 Å². The molecule has 0 N–H and O–H groups in total. The van der Waals surface area contributed by atoms with E-state index in [2.05, 4.69) is 23.9 Å². The standard InChI is InChI=1S/C11H22N2O/c1-12(2)11-5-8-13(9-6-11)7-3-4-10-14/h10-11H,3-9H2,1-2H3. The molecule has 0 saturated carbocycles. The molecule has 0 aromatic rings. The Bertz CT molecular complexity index is 163. The van der Waals surface area contributed by atoms with Gasteiger partial charge in [0.2, 0.25) is 0 Å². The molecule has 3 nitrogen and oxygen atoms in total. The Balaban J connectivity index is 2.12. The second kappa shape index (κ2) is 6.14. The second-order valence-corrected chi connectivity index (χ2v) is 4.35. The molecular formula is C11H22N2O. The SMILES string of the molecule is CN(C)C1CCN(CCCC=O)CC1. The van der Waals surface area contributed by atoms with Crippen molar-refractivity contribution in [3.8, 4) is 0 Å². The van der Waals surface area contributed by atoms with E-state index in [1.54, 1.807) is 0 Å². The quantitative estimate of drug-likeness (QED) is 0.486. The van der Waals surface area contributed by atoms with Crippen LogP contribution in [0.15, 0.2) is 0 Å². The number of piperidine rings is 1. The number of rotatable bonds is 5. The molecule has 0 spiro atoms. The molecule has 0 unspecified atom stereocenters. The highest BCUT2D eigenvalue weighted by Crippen LogP contribution is 2.14. The third-order valence-corrected chi connectivity index (χ3v) is 3.08. The van der Waals surface area contributed by atoms with Crippen molar-refractivity contribution in [1.29, 1.82) is 0 Å². The summed E-state index contributed by atoms with van der Waals surface area (Å²) in [7, 11) is 4.32. The number of likely N-dealkylation sites (tertiary alicyclic amines) is 1. The Hall–Kier alpha value is -0.410. The van der Waals surface area contributed by atoms with E-state index in [-0.39, 0.29) is 0 Å². The van der Waals surface area contributed by atoms with Crippen LogP contribution in [0.25, 0.3) is 0 Å². The van der Waals surface area contributed by atoms with Crippen molar-refractivity contribution in [1.82, 2.24) is 9.80 Å². The zero-order valence-electron chi connectivity index (χ0n) is 9.41. The van der Waals surface area contributed by atoms with Crippen LogP contribution in [-0.2, 0) is 4.79 Å². The Morgan fingerprint density at radius 3 is 2.50 bits per heavy atom. The molecule has 0 atom stereocenters. The summed E-state index contributed by atoms with van der Waals surface area (Å²) in [6, 6.07) is 0.761. The molecule has 1 aliphatic rings. The first-order valence-corrected chi connectivity index (χ1v) is 5.56. The first-order valence-electron chi connectivity index (χ1n) is 5.56. The van der Waals surface area contributed by atoms with Crippen LogP contribution >= 0.6 is 0 Å². The summed E-state index contributed by atoms with van der Waals surface area (Å²) >= 11 is 0. The minimum atomic E-state index is 0.716. The van der Waals surface area contributed by atoms with Crippen LogP contribution in [-0.4, -0.2) is 55.9 Å². The van der Waals surface area contributed by atoms with E-state index in [1.165, 1.54) is 25.9 Å². The molecule has 0 radical (unpaired) electrons. The van der Waals surface area contributed by atoms with Crippen LogP contribution in [0, 0.1) is 0 Å². The minimum Gasteiger partial charge on any atom is -0.306 e. The van der Waals surface area contributed by atoms with Gasteiger partial charge in [-0.05, 0) is 53.0 Å². The summed E-state index contributed by atoms with van der Waals surface area (Å²) in [5, 5.41) is 0. The summed E-state index contributed by atoms with van der Waals surface area (Å²) in [5.74, 6) is 0. The monoisotopic (exact) mass is 198 g/mol. The van der Waals surface area contributed by atoms with E-state index >= 15 is 0 Å². The maximum Gasteiger partial charge on any atom is 0.120 e. The minimum absolute atomic E-state index is 0.716. The van der Waals surface area contributed by atoms with Crippen LogP contribution < -0.4 is 0 Å². The average Bonchev–Trinajstić information content (AvgIpc) is 2.19. The van der Waals surface area contributed by atoms with Gasteiger partial charge in [0.15, 0.2) is 0 Å². The van der Waals surface area contributed by atoms with Crippen LogP contribution in [0.1, 0.15) is 25.7 Å². The Kier molecular flexibility index (Phi) is 5.12. The summed E-state index contributed by atoms with van der Waals surface area (Å²) in [6.45, 7) is 3.49. The van der Waals surface area contributed by atoms with Crippen LogP contribution in [0.2, 0.25) is 0 Å². The van der Waals surface area contributed by atoms with Gasteiger partial charge in [-0.25, -0.2) is 0 Å². The van der Waals surface area contributed by atoms with Crippen LogP contribution in [0.4, 0.5) is 0 Å². The highest BCUT2D eigenvalue weighted by atomic mass is 16.1. The van der Waals surface area contributed by atoms with E-state index in [4.69, 9.17) is 0 Å². The second-order valence-electron chi connectivity index (χ2n) is 4.35. The average molecular weight is 198 g/mol. The smallest absolute Gasteiger partial charge is 0.120 e. The first-order chi connectivity index (χ1) is 6.74. The summed E-state index contributed by atoms with van der Waals surface area (Å²) in [4.78, 5) is 15.0. The fourth-order valence-electron chi connectivity index (χ4n) is 2.06. The molecule has 3 heteroatoms. The molecule has 82 valence electrons. The molecule has 0 bridgehead atoms. The zero-order valence-corrected chi connectivity index (χ0v) is 9.41. The number of carbonyl (C=O) groups excluding carboxylic acids is 1. The normalized spacial score (nSPS) is 20.2. The van der Waals surface area contributed by atoms with Gasteiger partial charge < -0.3 is 14.6 Å². The summed E-state index contributed by atoms with van der Waals surface area (Å²) < 4.78 is 0. The molecule has 0 aliphatic carbocycles. The van der Waals surface area contributed by atoms with Crippen molar-refractivity contribution >= 4 is 6.29 Å². The number of nitrogens with zero attached hydrogens (tertiary/aromatic N) is 2. The summed E-state index contributed by atoms with van der Waals surface area (Å²) in [6.07, 6.45) is 5.30. The largest absolute Gasteiger partial charge is 0.306 e. The Morgan fingerprint density at radius 1 is 1.36 bits per heavy atom. The van der Waals surface area contributed by atoms with Crippen molar-refractivity contribution in [2.24, 2.45) is 0 Å². The van der Waals surface area contributed by atoms with Gasteiger partial charge in [0.1, 0.15) is 6.29 Å². The number of aldehydes is 1. The molecular weight excluding hydrogens is 176 g/mol. The first kappa shape index (κ1) is 11.7. The fraction of sp³-hybridized carbons (Fsp3) is 0.909. The molecule has 1 rings (SSSR count).